The van der Waals surface area contributed by atoms with Gasteiger partial charge >= 0.3 is 6.18 Å². The number of carbonyl (C=O) groups excluding carboxylic acids is 1. The molecule has 0 aliphatic heterocycles. The molecular weight excluding hydrogens is 499 g/mol. The first kappa shape index (κ1) is 22.9. The molecule has 5 rings (SSSR count). The summed E-state index contributed by atoms with van der Waals surface area (Å²) in [5.74, 6) is -0.894. The molecule has 5 aromatic rings. The topological polar surface area (TPSA) is 127 Å². The Labute approximate surface area is 204 Å². The number of nitrogens with zero attached hydrogens (tertiary/aromatic N) is 8. The van der Waals surface area contributed by atoms with Crippen LogP contribution in [0.2, 0.25) is 5.02 Å². The average molecular weight is 510 g/mol. The Balaban J connectivity index is 1.54. The molecule has 0 saturated carbocycles. The molecule has 0 spiro atoms. The highest BCUT2D eigenvalue weighted by Crippen LogP contribution is 2.35. The molecule has 1 amide bonds. The molecule has 4 heterocycles. The molecule has 0 fully saturated rings. The van der Waals surface area contributed by atoms with Crippen LogP contribution in [0.1, 0.15) is 21.7 Å². The van der Waals surface area contributed by atoms with Gasteiger partial charge in [0.05, 0.1) is 52.3 Å². The van der Waals surface area contributed by atoms with E-state index in [0.29, 0.717) is 15.6 Å². The number of hydrogen-bond acceptors (Lipinski definition) is 7. The zero-order chi connectivity index (χ0) is 25.4. The van der Waals surface area contributed by atoms with Gasteiger partial charge in [-0.25, -0.2) is 14.6 Å². The number of carbonyl (C=O) groups is 1. The number of hydrogen-bond donors (Lipinski definition) is 1. The molecule has 10 nitrogen and oxygen atoms in total. The number of amides is 1. The maximum absolute atomic E-state index is 14.2. The molecule has 1 N–H and O–H groups in total. The van der Waals surface area contributed by atoms with Crippen molar-refractivity contribution in [1.29, 1.82) is 5.26 Å². The van der Waals surface area contributed by atoms with Crippen LogP contribution < -0.4 is 5.32 Å². The lowest BCUT2D eigenvalue weighted by atomic mass is 10.1. The molecule has 178 valence electrons. The second-order valence-electron chi connectivity index (χ2n) is 7.27. The molecule has 0 saturated heterocycles. The van der Waals surface area contributed by atoms with Gasteiger partial charge in [-0.05, 0) is 30.3 Å². The van der Waals surface area contributed by atoms with Crippen LogP contribution in [-0.2, 0) is 6.18 Å². The number of nitriles is 1. The van der Waals surface area contributed by atoms with Gasteiger partial charge in [-0.2, -0.15) is 33.7 Å². The highest BCUT2D eigenvalue weighted by atomic mass is 35.5. The van der Waals surface area contributed by atoms with E-state index < -0.39 is 23.3 Å². The SMILES string of the molecule is N#Cc1ccc2c(-n3ncc(C(=O)Nc4cnc(-n5nccn5)c(Cl)c4)c3C(F)(F)F)cccc2n1. The molecule has 0 aliphatic rings. The summed E-state index contributed by atoms with van der Waals surface area (Å²) in [5, 5.41) is 23.5. The van der Waals surface area contributed by atoms with Gasteiger partial charge in [0, 0.05) is 5.39 Å². The van der Waals surface area contributed by atoms with Crippen molar-refractivity contribution in [1.82, 2.24) is 34.7 Å². The summed E-state index contributed by atoms with van der Waals surface area (Å²) in [6.45, 7) is 0. The van der Waals surface area contributed by atoms with Crippen molar-refractivity contribution in [3.8, 4) is 17.6 Å². The smallest absolute Gasteiger partial charge is 0.320 e. The summed E-state index contributed by atoms with van der Waals surface area (Å²) >= 11 is 6.18. The largest absolute Gasteiger partial charge is 0.434 e. The fourth-order valence-electron chi connectivity index (χ4n) is 3.53. The summed E-state index contributed by atoms with van der Waals surface area (Å²) in [6, 6.07) is 10.5. The third kappa shape index (κ3) is 4.10. The second-order valence-corrected chi connectivity index (χ2v) is 7.68. The number of halogens is 4. The summed E-state index contributed by atoms with van der Waals surface area (Å²) in [5.41, 5.74) is -1.49. The lowest BCUT2D eigenvalue weighted by Crippen LogP contribution is -2.21. The first-order chi connectivity index (χ1) is 17.3. The first-order valence-corrected chi connectivity index (χ1v) is 10.4. The fourth-order valence-corrected chi connectivity index (χ4v) is 3.77. The van der Waals surface area contributed by atoms with Crippen molar-refractivity contribution >= 4 is 34.1 Å². The lowest BCUT2D eigenvalue weighted by molar-refractivity contribution is -0.143. The lowest BCUT2D eigenvalue weighted by Gasteiger charge is -2.14. The quantitative estimate of drug-likeness (QED) is 0.384. The predicted molar refractivity (Wildman–Crippen MR) is 121 cm³/mol. The van der Waals surface area contributed by atoms with Crippen LogP contribution in [0, 0.1) is 11.3 Å². The van der Waals surface area contributed by atoms with Crippen molar-refractivity contribution in [3.63, 3.8) is 0 Å². The van der Waals surface area contributed by atoms with E-state index >= 15 is 0 Å². The van der Waals surface area contributed by atoms with Gasteiger partial charge in [0.15, 0.2) is 11.5 Å². The highest BCUT2D eigenvalue weighted by Gasteiger charge is 2.41. The van der Waals surface area contributed by atoms with Gasteiger partial charge in [0.25, 0.3) is 5.91 Å². The summed E-state index contributed by atoms with van der Waals surface area (Å²) in [4.78, 5) is 22.2. The van der Waals surface area contributed by atoms with Crippen molar-refractivity contribution < 1.29 is 18.0 Å². The maximum Gasteiger partial charge on any atom is 0.434 e. The van der Waals surface area contributed by atoms with Crippen molar-refractivity contribution in [2.45, 2.75) is 6.18 Å². The first-order valence-electron chi connectivity index (χ1n) is 10.1. The van der Waals surface area contributed by atoms with E-state index in [1.807, 2.05) is 6.07 Å². The number of anilines is 1. The van der Waals surface area contributed by atoms with Gasteiger partial charge < -0.3 is 5.32 Å². The number of aromatic nitrogens is 7. The van der Waals surface area contributed by atoms with Crippen LogP contribution >= 0.6 is 11.6 Å². The van der Waals surface area contributed by atoms with Crippen LogP contribution in [0.5, 0.6) is 0 Å². The molecule has 0 unspecified atom stereocenters. The zero-order valence-electron chi connectivity index (χ0n) is 17.8. The summed E-state index contributed by atoms with van der Waals surface area (Å²) in [6.07, 6.45) is -0.0672. The number of pyridine rings is 2. The number of nitrogens with one attached hydrogen (secondary N) is 1. The van der Waals surface area contributed by atoms with Crippen LogP contribution in [0.15, 0.2) is 61.2 Å². The average Bonchev–Trinajstić information content (AvgIpc) is 3.54. The van der Waals surface area contributed by atoms with Crippen LogP contribution in [0.4, 0.5) is 18.9 Å². The number of fused-ring (bicyclic) bond motifs is 1. The monoisotopic (exact) mass is 509 g/mol. The minimum atomic E-state index is -4.93. The number of alkyl halides is 3. The van der Waals surface area contributed by atoms with E-state index in [2.05, 4.69) is 30.6 Å². The van der Waals surface area contributed by atoms with Crippen molar-refractivity contribution in [2.75, 3.05) is 5.32 Å². The molecule has 0 aliphatic carbocycles. The third-order valence-electron chi connectivity index (χ3n) is 5.02. The van der Waals surface area contributed by atoms with E-state index in [9.17, 15) is 18.0 Å². The van der Waals surface area contributed by atoms with Crippen LogP contribution in [0.3, 0.4) is 0 Å². The third-order valence-corrected chi connectivity index (χ3v) is 5.30. The van der Waals surface area contributed by atoms with Gasteiger partial charge in [-0.15, -0.1) is 4.80 Å². The zero-order valence-corrected chi connectivity index (χ0v) is 18.5. The van der Waals surface area contributed by atoms with Gasteiger partial charge in [-0.1, -0.05) is 17.7 Å². The molecule has 4 aromatic heterocycles. The second kappa shape index (κ2) is 8.75. The Morgan fingerprint density at radius 1 is 1.08 bits per heavy atom. The minimum absolute atomic E-state index is 0.0386. The van der Waals surface area contributed by atoms with E-state index in [1.165, 1.54) is 48.9 Å². The molecular formula is C22H11ClF3N9O. The van der Waals surface area contributed by atoms with Gasteiger partial charge in [-0.3, -0.25) is 4.79 Å². The van der Waals surface area contributed by atoms with Crippen molar-refractivity contribution in [2.24, 2.45) is 0 Å². The van der Waals surface area contributed by atoms with Gasteiger partial charge in [0.2, 0.25) is 0 Å². The molecule has 0 atom stereocenters. The van der Waals surface area contributed by atoms with E-state index in [1.54, 1.807) is 6.07 Å². The Morgan fingerprint density at radius 2 is 1.86 bits per heavy atom. The number of benzene rings is 1. The van der Waals surface area contributed by atoms with Crippen molar-refractivity contribution in [3.05, 3.63) is 83.2 Å². The Bertz CT molecular complexity index is 1660. The molecule has 36 heavy (non-hydrogen) atoms. The Hall–Kier alpha value is -4.83. The number of rotatable bonds is 4. The van der Waals surface area contributed by atoms with E-state index in [4.69, 9.17) is 16.9 Å². The minimum Gasteiger partial charge on any atom is -0.320 e. The van der Waals surface area contributed by atoms with Crippen LogP contribution in [0.25, 0.3) is 22.4 Å². The van der Waals surface area contributed by atoms with Crippen LogP contribution in [-0.4, -0.2) is 40.6 Å². The summed E-state index contributed by atoms with van der Waals surface area (Å²) < 4.78 is 43.1. The Kier molecular flexibility index (Phi) is 5.57. The fraction of sp³-hybridized carbons (Fsp3) is 0.0455. The van der Waals surface area contributed by atoms with E-state index in [0.717, 1.165) is 11.0 Å². The normalized spacial score (nSPS) is 11.4. The molecule has 0 radical (unpaired) electrons. The standard InChI is InChI=1S/C22H11ClF3N9O/c23-16-8-13(10-28-20(16)35-29-6-7-30-35)33-21(36)15-11-31-34(19(15)22(24,25)26)18-3-1-2-17-14(18)5-4-12(9-27)32-17/h1-8,10-11H,(H,33,36). The van der Waals surface area contributed by atoms with E-state index in [-0.39, 0.29) is 27.9 Å². The molecule has 1 aromatic carbocycles. The highest BCUT2D eigenvalue weighted by molar-refractivity contribution is 6.32. The summed E-state index contributed by atoms with van der Waals surface area (Å²) in [7, 11) is 0. The maximum atomic E-state index is 14.2. The predicted octanol–water partition coefficient (Wildman–Crippen LogP) is 4.19. The molecule has 0 bridgehead atoms. The van der Waals surface area contributed by atoms with Gasteiger partial charge in [0.1, 0.15) is 11.8 Å². The molecule has 14 heteroatoms. The Morgan fingerprint density at radius 3 is 2.56 bits per heavy atom.